The summed E-state index contributed by atoms with van der Waals surface area (Å²) in [5.41, 5.74) is 0.675. The van der Waals surface area contributed by atoms with E-state index < -0.39 is 18.3 Å². The Labute approximate surface area is 139 Å². The Balaban J connectivity index is 2.15. The van der Waals surface area contributed by atoms with Crippen LogP contribution in [-0.2, 0) is 0 Å². The zero-order valence-electron chi connectivity index (χ0n) is 12.1. The smallest absolute Gasteiger partial charge is 0.287 e. The molecule has 1 unspecified atom stereocenters. The second-order valence-corrected chi connectivity index (χ2v) is 5.45. The van der Waals surface area contributed by atoms with Crippen LogP contribution in [0.5, 0.6) is 0 Å². The van der Waals surface area contributed by atoms with Crippen molar-refractivity contribution in [3.63, 3.8) is 0 Å². The minimum atomic E-state index is -3.18. The maximum Gasteiger partial charge on any atom is 0.287 e. The predicted molar refractivity (Wildman–Crippen MR) is 87.3 cm³/mol. The van der Waals surface area contributed by atoms with Gasteiger partial charge in [-0.1, -0.05) is 23.7 Å². The summed E-state index contributed by atoms with van der Waals surface area (Å²) >= 11 is 5.85. The van der Waals surface area contributed by atoms with Gasteiger partial charge in [0.25, 0.3) is 12.0 Å². The molecule has 2 heterocycles. The van der Waals surface area contributed by atoms with E-state index in [0.717, 1.165) is 0 Å². The summed E-state index contributed by atoms with van der Waals surface area (Å²) < 4.78 is 37.9. The topological polar surface area (TPSA) is 57.8 Å². The van der Waals surface area contributed by atoms with Crippen LogP contribution in [0.15, 0.2) is 47.4 Å². The minimum absolute atomic E-state index is 0.0869. The number of fused-ring (bicyclic) bond motifs is 1. The molecule has 0 bridgehead atoms. The number of aromatic nitrogens is 2. The van der Waals surface area contributed by atoms with E-state index in [1.165, 1.54) is 12.3 Å². The minimum Gasteiger partial charge on any atom is -0.336 e. The van der Waals surface area contributed by atoms with Gasteiger partial charge in [0.2, 0.25) is 6.30 Å². The Morgan fingerprint density at radius 3 is 2.46 bits per heavy atom. The lowest BCUT2D eigenvalue weighted by Crippen LogP contribution is -2.23. The number of benzene rings is 1. The Morgan fingerprint density at radius 1 is 1.08 bits per heavy atom. The summed E-state index contributed by atoms with van der Waals surface area (Å²) in [6.07, 6.45) is -4.28. The highest BCUT2D eigenvalue weighted by molar-refractivity contribution is 6.30. The number of alkyl halides is 3. The van der Waals surface area contributed by atoms with E-state index in [2.05, 4.69) is 9.97 Å². The number of pyridine rings is 2. The first kappa shape index (κ1) is 16.3. The molecule has 1 atom stereocenters. The van der Waals surface area contributed by atoms with Gasteiger partial charge in [-0.25, -0.2) is 18.2 Å². The van der Waals surface area contributed by atoms with E-state index >= 15 is 0 Å². The Kier molecular flexibility index (Phi) is 4.44. The molecule has 124 valence electrons. The summed E-state index contributed by atoms with van der Waals surface area (Å²) in [7, 11) is 0. The molecule has 0 radical (unpaired) electrons. The van der Waals surface area contributed by atoms with Crippen molar-refractivity contribution in [2.45, 2.75) is 12.7 Å². The number of hydrogen-bond acceptors (Lipinski definition) is 3. The highest BCUT2D eigenvalue weighted by Crippen LogP contribution is 2.26. The van der Waals surface area contributed by atoms with E-state index in [0.29, 0.717) is 16.0 Å². The van der Waals surface area contributed by atoms with Crippen LogP contribution in [0.3, 0.4) is 0 Å². The highest BCUT2D eigenvalue weighted by atomic mass is 35.5. The van der Waals surface area contributed by atoms with Crippen molar-refractivity contribution >= 4 is 28.3 Å². The highest BCUT2D eigenvalue weighted by Gasteiger charge is 2.19. The molecule has 0 aliphatic rings. The van der Waals surface area contributed by atoms with Gasteiger partial charge in [-0.3, -0.25) is 4.79 Å². The zero-order valence-corrected chi connectivity index (χ0v) is 12.8. The number of halogens is 4. The summed E-state index contributed by atoms with van der Waals surface area (Å²) in [5, 5.41) is 3.06. The van der Waals surface area contributed by atoms with Crippen molar-refractivity contribution in [1.82, 2.24) is 9.97 Å². The number of nitrogens with zero attached hydrogens (tertiary/aromatic N) is 1. The number of anilines is 1. The van der Waals surface area contributed by atoms with Crippen molar-refractivity contribution in [1.29, 1.82) is 0 Å². The lowest BCUT2D eigenvalue weighted by atomic mass is 10.0. The first-order valence-corrected chi connectivity index (χ1v) is 7.30. The first-order valence-electron chi connectivity index (χ1n) is 6.93. The summed E-state index contributed by atoms with van der Waals surface area (Å²) in [6, 6.07) is 9.44. The summed E-state index contributed by atoms with van der Waals surface area (Å²) in [6.45, 7) is 0. The van der Waals surface area contributed by atoms with Crippen LogP contribution >= 0.6 is 11.6 Å². The molecule has 4 nitrogen and oxygen atoms in total. The molecule has 0 amide bonds. The van der Waals surface area contributed by atoms with Crippen LogP contribution in [0.25, 0.3) is 22.0 Å². The molecule has 3 aromatic rings. The molecule has 24 heavy (non-hydrogen) atoms. The van der Waals surface area contributed by atoms with Gasteiger partial charge in [0.15, 0.2) is 0 Å². The van der Waals surface area contributed by atoms with Gasteiger partial charge in [0, 0.05) is 16.6 Å². The fourth-order valence-corrected chi connectivity index (χ4v) is 2.40. The quantitative estimate of drug-likeness (QED) is 0.691. The molecule has 8 heteroatoms. The van der Waals surface area contributed by atoms with Gasteiger partial charge in [-0.05, 0) is 29.8 Å². The second kappa shape index (κ2) is 6.52. The maximum absolute atomic E-state index is 13.2. The van der Waals surface area contributed by atoms with Crippen LogP contribution < -0.4 is 10.9 Å². The molecule has 0 saturated carbocycles. The van der Waals surface area contributed by atoms with Crippen LogP contribution in [0.1, 0.15) is 0 Å². The van der Waals surface area contributed by atoms with E-state index in [-0.39, 0.29) is 16.9 Å². The van der Waals surface area contributed by atoms with Crippen molar-refractivity contribution in [3.05, 3.63) is 58.0 Å². The SMILES string of the molecule is O=c1[nH]cc2ccc(NC(F)C(F)F)nc2c1-c1ccc(Cl)cc1. The molecular formula is C16H11ClF3N3O. The molecule has 0 fully saturated rings. The van der Waals surface area contributed by atoms with Crippen LogP contribution in [0.4, 0.5) is 19.0 Å². The average Bonchev–Trinajstić information content (AvgIpc) is 2.56. The van der Waals surface area contributed by atoms with Gasteiger partial charge in [-0.2, -0.15) is 0 Å². The fraction of sp³-hybridized carbons (Fsp3) is 0.125. The maximum atomic E-state index is 13.2. The lowest BCUT2D eigenvalue weighted by Gasteiger charge is -2.12. The largest absolute Gasteiger partial charge is 0.336 e. The van der Waals surface area contributed by atoms with Gasteiger partial charge in [0.1, 0.15) is 5.82 Å². The molecule has 0 saturated heterocycles. The normalized spacial score (nSPS) is 12.5. The first-order chi connectivity index (χ1) is 11.5. The molecule has 2 N–H and O–H groups in total. The monoisotopic (exact) mass is 353 g/mol. The lowest BCUT2D eigenvalue weighted by molar-refractivity contribution is 0.0649. The summed E-state index contributed by atoms with van der Waals surface area (Å²) in [4.78, 5) is 18.9. The van der Waals surface area contributed by atoms with Gasteiger partial charge in [0.05, 0.1) is 11.1 Å². The third-order valence-electron chi connectivity index (χ3n) is 3.39. The van der Waals surface area contributed by atoms with Crippen LogP contribution in [0.2, 0.25) is 5.02 Å². The molecule has 0 aliphatic heterocycles. The molecule has 0 aliphatic carbocycles. The van der Waals surface area contributed by atoms with E-state index in [1.807, 2.05) is 5.32 Å². The van der Waals surface area contributed by atoms with Gasteiger partial charge in [-0.15, -0.1) is 0 Å². The van der Waals surface area contributed by atoms with Crippen LogP contribution in [-0.4, -0.2) is 22.7 Å². The molecule has 3 rings (SSSR count). The number of hydrogen-bond donors (Lipinski definition) is 2. The Bertz CT molecular complexity index is 928. The molecular weight excluding hydrogens is 343 g/mol. The zero-order chi connectivity index (χ0) is 17.3. The Hall–Kier alpha value is -2.54. The second-order valence-electron chi connectivity index (χ2n) is 5.01. The van der Waals surface area contributed by atoms with Crippen molar-refractivity contribution in [2.75, 3.05) is 5.32 Å². The van der Waals surface area contributed by atoms with E-state index in [9.17, 15) is 18.0 Å². The van der Waals surface area contributed by atoms with E-state index in [1.54, 1.807) is 30.3 Å². The molecule has 1 aromatic carbocycles. The average molecular weight is 354 g/mol. The summed E-state index contributed by atoms with van der Waals surface area (Å²) in [5.74, 6) is -0.0869. The fourth-order valence-electron chi connectivity index (χ4n) is 2.28. The number of rotatable bonds is 4. The van der Waals surface area contributed by atoms with Crippen molar-refractivity contribution in [3.8, 4) is 11.1 Å². The molecule has 2 aromatic heterocycles. The number of H-pyrrole nitrogens is 1. The number of nitrogens with one attached hydrogen (secondary N) is 2. The predicted octanol–water partition coefficient (Wildman–Crippen LogP) is 4.22. The standard InChI is InChI=1S/C16H11ClF3N3O/c17-10-4-1-8(2-5-10)12-13-9(7-21-16(12)24)3-6-11(22-13)23-15(20)14(18)19/h1-7,14-15H,(H,21,24)(H,22,23). The van der Waals surface area contributed by atoms with Crippen molar-refractivity contribution in [2.24, 2.45) is 0 Å². The Morgan fingerprint density at radius 2 is 1.79 bits per heavy atom. The van der Waals surface area contributed by atoms with Crippen molar-refractivity contribution < 1.29 is 13.2 Å². The third-order valence-corrected chi connectivity index (χ3v) is 3.64. The third kappa shape index (κ3) is 3.21. The van der Waals surface area contributed by atoms with E-state index in [4.69, 9.17) is 11.6 Å². The van der Waals surface area contributed by atoms with Crippen LogP contribution in [0, 0.1) is 0 Å². The molecule has 0 spiro atoms. The van der Waals surface area contributed by atoms with Gasteiger partial charge < -0.3 is 10.3 Å². The number of aromatic amines is 1. The van der Waals surface area contributed by atoms with Gasteiger partial charge >= 0.3 is 0 Å².